The molecule has 1 aliphatic carbocycles. The largest absolute Gasteiger partial charge is 0.464 e. The van der Waals surface area contributed by atoms with Crippen molar-refractivity contribution in [1.29, 1.82) is 0 Å². The average Bonchev–Trinajstić information content (AvgIpc) is 3.38. The van der Waals surface area contributed by atoms with Gasteiger partial charge < -0.3 is 14.8 Å². The number of carbonyl (C=O) groups is 1. The Labute approximate surface area is 141 Å². The van der Waals surface area contributed by atoms with E-state index in [1.54, 1.807) is 0 Å². The van der Waals surface area contributed by atoms with Crippen LogP contribution in [0.3, 0.4) is 0 Å². The second-order valence-corrected chi connectivity index (χ2v) is 6.13. The minimum atomic E-state index is -0.540. The quantitative estimate of drug-likeness (QED) is 0.694. The summed E-state index contributed by atoms with van der Waals surface area (Å²) in [4.78, 5) is 20.6. The molecule has 128 valence electrons. The smallest absolute Gasteiger partial charge is 0.358 e. The van der Waals surface area contributed by atoms with Gasteiger partial charge in [-0.05, 0) is 32.6 Å². The second kappa shape index (κ2) is 8.45. The molecular weight excluding hydrogens is 318 g/mol. The van der Waals surface area contributed by atoms with Gasteiger partial charge in [0.15, 0.2) is 5.69 Å². The molecule has 0 saturated heterocycles. The number of hydrogen-bond donors (Lipinski definition) is 1. The van der Waals surface area contributed by atoms with Crippen LogP contribution < -0.4 is 5.32 Å². The van der Waals surface area contributed by atoms with Crippen LogP contribution in [0.2, 0.25) is 5.02 Å². The molecule has 1 fully saturated rings. The average molecular weight is 342 g/mol. The van der Waals surface area contributed by atoms with Crippen LogP contribution in [0.1, 0.15) is 61.8 Å². The molecule has 23 heavy (non-hydrogen) atoms. The van der Waals surface area contributed by atoms with Crippen molar-refractivity contribution in [2.24, 2.45) is 0 Å². The van der Waals surface area contributed by atoms with Gasteiger partial charge in [0.25, 0.3) is 0 Å². The Balaban J connectivity index is 2.04. The summed E-state index contributed by atoms with van der Waals surface area (Å²) < 4.78 is 10.4. The van der Waals surface area contributed by atoms with Crippen LogP contribution in [-0.4, -0.2) is 42.3 Å². The Morgan fingerprint density at radius 3 is 2.78 bits per heavy atom. The molecule has 0 bridgehead atoms. The fraction of sp³-hybridized carbons (Fsp3) is 0.688. The van der Waals surface area contributed by atoms with E-state index in [0.29, 0.717) is 24.1 Å². The zero-order valence-corrected chi connectivity index (χ0v) is 14.7. The van der Waals surface area contributed by atoms with Gasteiger partial charge in [-0.1, -0.05) is 18.5 Å². The molecular formula is C16H24ClN3O3. The van der Waals surface area contributed by atoms with Crippen molar-refractivity contribution in [3.63, 3.8) is 0 Å². The summed E-state index contributed by atoms with van der Waals surface area (Å²) in [5, 5.41) is 3.40. The van der Waals surface area contributed by atoms with Gasteiger partial charge in [0.05, 0.1) is 13.2 Å². The normalized spacial score (nSPS) is 15.3. The van der Waals surface area contributed by atoms with Gasteiger partial charge in [-0.3, -0.25) is 0 Å². The number of carbonyl (C=O) groups excluding carboxylic acids is 1. The first kappa shape index (κ1) is 17.9. The molecule has 2 rings (SSSR count). The lowest BCUT2D eigenvalue weighted by atomic mass is 10.2. The monoisotopic (exact) mass is 341 g/mol. The van der Waals surface area contributed by atoms with E-state index in [1.165, 1.54) is 7.11 Å². The number of nitrogens with zero attached hydrogens (tertiary/aromatic N) is 2. The molecule has 0 amide bonds. The van der Waals surface area contributed by atoms with Crippen LogP contribution in [0, 0.1) is 0 Å². The minimum absolute atomic E-state index is 0.129. The number of anilines is 1. The van der Waals surface area contributed by atoms with E-state index in [2.05, 4.69) is 22.2 Å². The molecule has 1 heterocycles. The van der Waals surface area contributed by atoms with Gasteiger partial charge in [-0.15, -0.1) is 0 Å². The van der Waals surface area contributed by atoms with Crippen LogP contribution in [0.5, 0.6) is 0 Å². The molecule has 1 aromatic rings. The topological polar surface area (TPSA) is 73.3 Å². The Morgan fingerprint density at radius 2 is 2.17 bits per heavy atom. The van der Waals surface area contributed by atoms with Crippen LogP contribution in [-0.2, 0) is 9.47 Å². The van der Waals surface area contributed by atoms with Crippen molar-refractivity contribution in [3.05, 3.63) is 16.5 Å². The summed E-state index contributed by atoms with van der Waals surface area (Å²) in [5.74, 6) is 0.935. The van der Waals surface area contributed by atoms with E-state index < -0.39 is 5.97 Å². The molecule has 0 spiro atoms. The third-order valence-corrected chi connectivity index (χ3v) is 4.00. The summed E-state index contributed by atoms with van der Waals surface area (Å²) in [6, 6.07) is 0. The SMILES string of the molecule is CCCOC(C)CCNc1nc(C2CC2)nc(C(=O)OC)c1Cl. The summed E-state index contributed by atoms with van der Waals surface area (Å²) in [5.41, 5.74) is 0.129. The summed E-state index contributed by atoms with van der Waals surface area (Å²) in [6.45, 7) is 5.54. The van der Waals surface area contributed by atoms with Gasteiger partial charge in [0.2, 0.25) is 0 Å². The van der Waals surface area contributed by atoms with E-state index in [9.17, 15) is 4.79 Å². The fourth-order valence-electron chi connectivity index (χ4n) is 2.13. The molecule has 1 unspecified atom stereocenters. The standard InChI is InChI=1S/C16H24ClN3O3/c1-4-9-23-10(2)7-8-18-15-12(17)13(16(21)22-3)19-14(20-15)11-5-6-11/h10-11H,4-9H2,1-3H3,(H,18,19,20). The number of nitrogens with one attached hydrogen (secondary N) is 1. The first-order valence-electron chi connectivity index (χ1n) is 8.08. The third-order valence-electron chi connectivity index (χ3n) is 3.64. The molecule has 7 heteroatoms. The Morgan fingerprint density at radius 1 is 1.43 bits per heavy atom. The van der Waals surface area contributed by atoms with Crippen molar-refractivity contribution in [1.82, 2.24) is 9.97 Å². The lowest BCUT2D eigenvalue weighted by Gasteiger charge is -2.15. The fourth-order valence-corrected chi connectivity index (χ4v) is 2.36. The van der Waals surface area contributed by atoms with E-state index in [1.807, 2.05) is 6.92 Å². The van der Waals surface area contributed by atoms with E-state index in [0.717, 1.165) is 32.3 Å². The highest BCUT2D eigenvalue weighted by molar-refractivity contribution is 6.35. The van der Waals surface area contributed by atoms with Crippen LogP contribution in [0.15, 0.2) is 0 Å². The van der Waals surface area contributed by atoms with Crippen LogP contribution in [0.25, 0.3) is 0 Å². The highest BCUT2D eigenvalue weighted by Gasteiger charge is 2.30. The van der Waals surface area contributed by atoms with Gasteiger partial charge in [0, 0.05) is 19.1 Å². The first-order chi connectivity index (χ1) is 11.1. The Kier molecular flexibility index (Phi) is 6.59. The van der Waals surface area contributed by atoms with Gasteiger partial charge in [-0.2, -0.15) is 0 Å². The molecule has 0 aliphatic heterocycles. The van der Waals surface area contributed by atoms with E-state index in [-0.39, 0.29) is 16.8 Å². The number of esters is 1. The lowest BCUT2D eigenvalue weighted by molar-refractivity contribution is 0.0593. The van der Waals surface area contributed by atoms with Crippen molar-refractivity contribution in [2.45, 2.75) is 51.6 Å². The number of methoxy groups -OCH3 is 1. The number of hydrogen-bond acceptors (Lipinski definition) is 6. The van der Waals surface area contributed by atoms with E-state index >= 15 is 0 Å². The Bertz CT molecular complexity index is 550. The molecule has 1 N–H and O–H groups in total. The molecule has 0 aromatic carbocycles. The molecule has 1 aliphatic rings. The number of halogens is 1. The predicted octanol–water partition coefficient (Wildman–Crippen LogP) is 3.41. The van der Waals surface area contributed by atoms with E-state index in [4.69, 9.17) is 21.1 Å². The molecule has 1 aromatic heterocycles. The van der Waals surface area contributed by atoms with Gasteiger partial charge in [0.1, 0.15) is 16.7 Å². The molecule has 0 radical (unpaired) electrons. The summed E-state index contributed by atoms with van der Waals surface area (Å²) in [7, 11) is 1.32. The van der Waals surface area contributed by atoms with Crippen molar-refractivity contribution in [2.75, 3.05) is 25.6 Å². The van der Waals surface area contributed by atoms with Crippen molar-refractivity contribution >= 4 is 23.4 Å². The van der Waals surface area contributed by atoms with Crippen molar-refractivity contribution in [3.8, 4) is 0 Å². The highest BCUT2D eigenvalue weighted by atomic mass is 35.5. The molecule has 1 atom stereocenters. The van der Waals surface area contributed by atoms with Crippen LogP contribution in [0.4, 0.5) is 5.82 Å². The first-order valence-corrected chi connectivity index (χ1v) is 8.45. The summed E-state index contributed by atoms with van der Waals surface area (Å²) in [6.07, 6.45) is 4.08. The number of aromatic nitrogens is 2. The van der Waals surface area contributed by atoms with Crippen molar-refractivity contribution < 1.29 is 14.3 Å². The lowest BCUT2D eigenvalue weighted by Crippen LogP contribution is -2.17. The Hall–Kier alpha value is -1.40. The highest BCUT2D eigenvalue weighted by Crippen LogP contribution is 2.39. The minimum Gasteiger partial charge on any atom is -0.464 e. The third kappa shape index (κ3) is 5.04. The van der Waals surface area contributed by atoms with Gasteiger partial charge >= 0.3 is 5.97 Å². The van der Waals surface area contributed by atoms with Crippen LogP contribution >= 0.6 is 11.6 Å². The summed E-state index contributed by atoms with van der Waals surface area (Å²) >= 11 is 6.26. The molecule has 1 saturated carbocycles. The maximum atomic E-state index is 11.8. The number of ether oxygens (including phenoxy) is 2. The zero-order valence-electron chi connectivity index (χ0n) is 13.9. The van der Waals surface area contributed by atoms with Gasteiger partial charge in [-0.25, -0.2) is 14.8 Å². The predicted molar refractivity (Wildman–Crippen MR) is 89.2 cm³/mol. The number of rotatable bonds is 9. The molecule has 6 nitrogen and oxygen atoms in total. The second-order valence-electron chi connectivity index (χ2n) is 5.76. The maximum absolute atomic E-state index is 11.8. The maximum Gasteiger partial charge on any atom is 0.358 e. The zero-order chi connectivity index (χ0) is 16.8.